The molecule has 1 aromatic rings. The van der Waals surface area contributed by atoms with E-state index in [4.69, 9.17) is 9.47 Å². The van der Waals surface area contributed by atoms with Gasteiger partial charge in [-0.25, -0.2) is 4.39 Å². The zero-order valence-electron chi connectivity index (χ0n) is 9.79. The number of benzene rings is 1. The van der Waals surface area contributed by atoms with Gasteiger partial charge in [-0.2, -0.15) is 0 Å². The normalized spacial score (nSPS) is 14.6. The third kappa shape index (κ3) is 2.71. The molecule has 0 bridgehead atoms. The van der Waals surface area contributed by atoms with Crippen LogP contribution in [0, 0.1) is 5.82 Å². The second-order valence-electron chi connectivity index (χ2n) is 3.84. The van der Waals surface area contributed by atoms with Gasteiger partial charge in [0.2, 0.25) is 0 Å². The van der Waals surface area contributed by atoms with Crippen molar-refractivity contribution in [3.05, 3.63) is 29.6 Å². The minimum atomic E-state index is -1.26. The van der Waals surface area contributed by atoms with Crippen LogP contribution in [-0.2, 0) is 10.3 Å². The van der Waals surface area contributed by atoms with Crippen LogP contribution >= 0.6 is 0 Å². The molecule has 0 heterocycles. The Labute approximate surface area is 94.8 Å². The third-order valence-electron chi connectivity index (χ3n) is 2.56. The summed E-state index contributed by atoms with van der Waals surface area (Å²) in [4.78, 5) is 0. The molecule has 0 amide bonds. The zero-order valence-corrected chi connectivity index (χ0v) is 9.79. The lowest BCUT2D eigenvalue weighted by Gasteiger charge is -2.24. The van der Waals surface area contributed by atoms with Gasteiger partial charge in [0.15, 0.2) is 11.6 Å². The largest absolute Gasteiger partial charge is 0.494 e. The van der Waals surface area contributed by atoms with Gasteiger partial charge in [-0.15, -0.1) is 0 Å². The van der Waals surface area contributed by atoms with Crippen LogP contribution in [0.2, 0.25) is 0 Å². The first-order chi connectivity index (χ1) is 7.53. The van der Waals surface area contributed by atoms with Crippen molar-refractivity contribution in [2.45, 2.75) is 18.9 Å². The van der Waals surface area contributed by atoms with Gasteiger partial charge in [0.25, 0.3) is 0 Å². The lowest BCUT2D eigenvalue weighted by Crippen LogP contribution is -2.24. The molecule has 1 atom stereocenters. The fourth-order valence-electron chi connectivity index (χ4n) is 1.52. The Hall–Kier alpha value is -1.13. The van der Waals surface area contributed by atoms with E-state index in [1.807, 2.05) is 0 Å². The first-order valence-corrected chi connectivity index (χ1v) is 5.07. The molecular formula is C12H17FO3. The van der Waals surface area contributed by atoms with Crippen molar-refractivity contribution in [3.63, 3.8) is 0 Å². The zero-order chi connectivity index (χ0) is 12.2. The van der Waals surface area contributed by atoms with Crippen molar-refractivity contribution in [1.29, 1.82) is 0 Å². The van der Waals surface area contributed by atoms with Crippen molar-refractivity contribution < 1.29 is 19.0 Å². The highest BCUT2D eigenvalue weighted by atomic mass is 19.1. The monoisotopic (exact) mass is 228 g/mol. The maximum atomic E-state index is 13.9. The van der Waals surface area contributed by atoms with Crippen LogP contribution in [0.1, 0.15) is 18.9 Å². The number of methoxy groups -OCH3 is 2. The Kier molecular flexibility index (Phi) is 4.26. The number of ether oxygens (including phenoxy) is 2. The van der Waals surface area contributed by atoms with Gasteiger partial charge in [0, 0.05) is 25.7 Å². The van der Waals surface area contributed by atoms with Crippen molar-refractivity contribution >= 4 is 0 Å². The van der Waals surface area contributed by atoms with Gasteiger partial charge in [-0.05, 0) is 13.0 Å². The van der Waals surface area contributed by atoms with E-state index < -0.39 is 11.4 Å². The standard InChI is InChI=1S/C12H17FO3/c1-12(14,7-8-15-2)9-5-4-6-10(16-3)11(9)13/h4-6,14H,7-8H2,1-3H3. The van der Waals surface area contributed by atoms with Crippen LogP contribution in [0.3, 0.4) is 0 Å². The molecule has 0 fully saturated rings. The minimum Gasteiger partial charge on any atom is -0.494 e. The lowest BCUT2D eigenvalue weighted by atomic mass is 9.92. The van der Waals surface area contributed by atoms with Gasteiger partial charge in [-0.1, -0.05) is 12.1 Å². The molecule has 1 N–H and O–H groups in total. The maximum absolute atomic E-state index is 13.9. The van der Waals surface area contributed by atoms with Gasteiger partial charge >= 0.3 is 0 Å². The van der Waals surface area contributed by atoms with E-state index >= 15 is 0 Å². The van der Waals surface area contributed by atoms with E-state index in [2.05, 4.69) is 0 Å². The highest BCUT2D eigenvalue weighted by Gasteiger charge is 2.27. The van der Waals surface area contributed by atoms with E-state index in [-0.39, 0.29) is 11.3 Å². The smallest absolute Gasteiger partial charge is 0.171 e. The molecule has 1 unspecified atom stereocenters. The van der Waals surface area contributed by atoms with E-state index in [9.17, 15) is 9.50 Å². The van der Waals surface area contributed by atoms with Gasteiger partial charge in [0.1, 0.15) is 0 Å². The van der Waals surface area contributed by atoms with Crippen molar-refractivity contribution in [1.82, 2.24) is 0 Å². The Morgan fingerprint density at radius 3 is 2.62 bits per heavy atom. The predicted molar refractivity (Wildman–Crippen MR) is 59.0 cm³/mol. The molecule has 1 rings (SSSR count). The van der Waals surface area contributed by atoms with Crippen molar-refractivity contribution in [2.24, 2.45) is 0 Å². The molecule has 0 aliphatic rings. The number of hydrogen-bond acceptors (Lipinski definition) is 3. The van der Waals surface area contributed by atoms with Crippen LogP contribution < -0.4 is 4.74 Å². The second-order valence-corrected chi connectivity index (χ2v) is 3.84. The molecule has 0 aliphatic carbocycles. The molecule has 90 valence electrons. The van der Waals surface area contributed by atoms with E-state index in [1.54, 1.807) is 19.1 Å². The van der Waals surface area contributed by atoms with Gasteiger partial charge < -0.3 is 14.6 Å². The maximum Gasteiger partial charge on any atom is 0.171 e. The summed E-state index contributed by atoms with van der Waals surface area (Å²) < 4.78 is 23.6. The molecule has 16 heavy (non-hydrogen) atoms. The Morgan fingerprint density at radius 2 is 2.06 bits per heavy atom. The van der Waals surface area contributed by atoms with Crippen molar-refractivity contribution in [3.8, 4) is 5.75 Å². The minimum absolute atomic E-state index is 0.134. The molecular weight excluding hydrogens is 211 g/mol. The topological polar surface area (TPSA) is 38.7 Å². The number of hydrogen-bond donors (Lipinski definition) is 1. The average Bonchev–Trinajstić information content (AvgIpc) is 2.26. The summed E-state index contributed by atoms with van der Waals surface area (Å²) >= 11 is 0. The molecule has 1 aromatic carbocycles. The number of halogens is 1. The SMILES string of the molecule is COCCC(C)(O)c1cccc(OC)c1F. The Bertz CT molecular complexity index is 350. The first-order valence-electron chi connectivity index (χ1n) is 5.07. The van der Waals surface area contributed by atoms with Crippen LogP contribution in [0.4, 0.5) is 4.39 Å². The second kappa shape index (κ2) is 5.27. The Morgan fingerprint density at radius 1 is 1.38 bits per heavy atom. The number of aliphatic hydroxyl groups is 1. The van der Waals surface area contributed by atoms with Gasteiger partial charge in [-0.3, -0.25) is 0 Å². The summed E-state index contributed by atoms with van der Waals surface area (Å²) in [6, 6.07) is 4.72. The van der Waals surface area contributed by atoms with Crippen molar-refractivity contribution in [2.75, 3.05) is 20.8 Å². The molecule has 4 heteroatoms. The fourth-order valence-corrected chi connectivity index (χ4v) is 1.52. The molecule has 0 saturated heterocycles. The van der Waals surface area contributed by atoms with Crippen LogP contribution in [-0.4, -0.2) is 25.9 Å². The van der Waals surface area contributed by atoms with E-state index in [0.717, 1.165) is 0 Å². The highest BCUT2D eigenvalue weighted by Crippen LogP contribution is 2.31. The summed E-state index contributed by atoms with van der Waals surface area (Å²) in [6.07, 6.45) is 0.327. The summed E-state index contributed by atoms with van der Waals surface area (Å²) in [5.74, 6) is -0.388. The molecule has 3 nitrogen and oxygen atoms in total. The molecule has 0 aromatic heterocycles. The van der Waals surface area contributed by atoms with Crippen LogP contribution in [0.15, 0.2) is 18.2 Å². The lowest BCUT2D eigenvalue weighted by molar-refractivity contribution is 0.0178. The van der Waals surface area contributed by atoms with Crippen LogP contribution in [0.5, 0.6) is 5.75 Å². The summed E-state index contributed by atoms with van der Waals surface area (Å²) in [5, 5.41) is 10.1. The average molecular weight is 228 g/mol. The summed E-state index contributed by atoms with van der Waals surface area (Å²) in [7, 11) is 2.93. The Balaban J connectivity index is 3.02. The molecule has 0 spiro atoms. The number of rotatable bonds is 5. The third-order valence-corrected chi connectivity index (χ3v) is 2.56. The quantitative estimate of drug-likeness (QED) is 0.838. The van der Waals surface area contributed by atoms with E-state index in [0.29, 0.717) is 13.0 Å². The fraction of sp³-hybridized carbons (Fsp3) is 0.500. The summed E-state index contributed by atoms with van der Waals surface area (Å²) in [5.41, 5.74) is -1.03. The molecule has 0 radical (unpaired) electrons. The first kappa shape index (κ1) is 12.9. The molecule has 0 saturated carbocycles. The van der Waals surface area contributed by atoms with Gasteiger partial charge in [0.05, 0.1) is 12.7 Å². The molecule has 0 aliphatic heterocycles. The predicted octanol–water partition coefficient (Wildman–Crippen LogP) is 2.08. The highest BCUT2D eigenvalue weighted by molar-refractivity contribution is 5.34. The van der Waals surface area contributed by atoms with Crippen LogP contribution in [0.25, 0.3) is 0 Å². The van der Waals surface area contributed by atoms with E-state index in [1.165, 1.54) is 20.3 Å². The summed E-state index contributed by atoms with van der Waals surface area (Å²) in [6.45, 7) is 1.92.